The molecule has 0 saturated heterocycles. The van der Waals surface area contributed by atoms with Crippen LogP contribution >= 0.6 is 22.9 Å². The van der Waals surface area contributed by atoms with Gasteiger partial charge in [-0.3, -0.25) is 4.79 Å². The fourth-order valence-electron chi connectivity index (χ4n) is 1.87. The predicted octanol–water partition coefficient (Wildman–Crippen LogP) is 3.53. The van der Waals surface area contributed by atoms with Gasteiger partial charge in [0, 0.05) is 0 Å². The molecule has 100 valence electrons. The molecule has 5 heteroatoms. The minimum Gasteiger partial charge on any atom is -0.349 e. The lowest BCUT2D eigenvalue weighted by atomic mass is 10.0. The van der Waals surface area contributed by atoms with Crippen LogP contribution in [0.4, 0.5) is 0 Å². The van der Waals surface area contributed by atoms with Gasteiger partial charge in [-0.1, -0.05) is 24.3 Å². The summed E-state index contributed by atoms with van der Waals surface area (Å²) in [4.78, 5) is 16.7. The zero-order valence-corrected chi connectivity index (χ0v) is 12.4. The molecule has 0 unspecified atom stereocenters. The van der Waals surface area contributed by atoms with Crippen molar-refractivity contribution in [2.45, 2.75) is 19.9 Å². The van der Waals surface area contributed by atoms with Gasteiger partial charge in [0.2, 0.25) is 5.91 Å². The number of hydrogen-bond acceptors (Lipinski definition) is 3. The van der Waals surface area contributed by atoms with Crippen molar-refractivity contribution < 1.29 is 4.79 Å². The molecule has 0 aliphatic heterocycles. The first-order valence-corrected chi connectivity index (χ1v) is 7.39. The number of nitrogens with zero attached hydrogens (tertiary/aromatic N) is 1. The summed E-state index contributed by atoms with van der Waals surface area (Å²) in [6.07, 6.45) is 0. The smallest absolute Gasteiger partial charge is 0.235 e. The maximum absolute atomic E-state index is 11.2. The SMILES string of the molecule is Cc1ncsc1-c1ccc([C@H](C)NC(=O)CCl)cc1. The molecular weight excluding hydrogens is 280 g/mol. The van der Waals surface area contributed by atoms with Crippen LogP contribution in [0.1, 0.15) is 24.2 Å². The Labute approximate surface area is 121 Å². The molecule has 0 bridgehead atoms. The molecule has 1 aromatic carbocycles. The number of thiazole rings is 1. The van der Waals surface area contributed by atoms with Crippen LogP contribution in [0.15, 0.2) is 29.8 Å². The van der Waals surface area contributed by atoms with Crippen molar-refractivity contribution in [2.24, 2.45) is 0 Å². The average Bonchev–Trinajstić information content (AvgIpc) is 2.85. The second-order valence-electron chi connectivity index (χ2n) is 4.31. The fourth-order valence-corrected chi connectivity index (χ4v) is 2.75. The molecule has 1 amide bonds. The highest BCUT2D eigenvalue weighted by molar-refractivity contribution is 7.13. The van der Waals surface area contributed by atoms with Crippen molar-refractivity contribution in [3.05, 3.63) is 41.0 Å². The molecule has 0 aliphatic rings. The van der Waals surface area contributed by atoms with Gasteiger partial charge in [-0.25, -0.2) is 4.98 Å². The highest BCUT2D eigenvalue weighted by Crippen LogP contribution is 2.28. The Morgan fingerprint density at radius 2 is 2.11 bits per heavy atom. The zero-order valence-electron chi connectivity index (χ0n) is 10.8. The van der Waals surface area contributed by atoms with Crippen LogP contribution in [-0.2, 0) is 4.79 Å². The van der Waals surface area contributed by atoms with Crippen molar-refractivity contribution in [1.82, 2.24) is 10.3 Å². The number of hydrogen-bond donors (Lipinski definition) is 1. The van der Waals surface area contributed by atoms with E-state index in [4.69, 9.17) is 11.6 Å². The van der Waals surface area contributed by atoms with Crippen LogP contribution in [0.25, 0.3) is 10.4 Å². The highest BCUT2D eigenvalue weighted by Gasteiger charge is 2.10. The van der Waals surface area contributed by atoms with E-state index in [1.807, 2.05) is 31.5 Å². The van der Waals surface area contributed by atoms with Gasteiger partial charge in [0.1, 0.15) is 5.88 Å². The number of halogens is 1. The molecule has 0 fully saturated rings. The van der Waals surface area contributed by atoms with E-state index in [1.54, 1.807) is 11.3 Å². The number of aromatic nitrogens is 1. The number of rotatable bonds is 4. The predicted molar refractivity (Wildman–Crippen MR) is 79.6 cm³/mol. The summed E-state index contributed by atoms with van der Waals surface area (Å²) in [5.41, 5.74) is 5.10. The summed E-state index contributed by atoms with van der Waals surface area (Å²) in [5.74, 6) is -0.167. The van der Waals surface area contributed by atoms with Gasteiger partial charge in [-0.05, 0) is 25.0 Å². The van der Waals surface area contributed by atoms with Gasteiger partial charge in [-0.2, -0.15) is 0 Å². The van der Waals surface area contributed by atoms with E-state index < -0.39 is 0 Å². The number of benzene rings is 1. The number of amides is 1. The van der Waals surface area contributed by atoms with Gasteiger partial charge in [0.25, 0.3) is 0 Å². The summed E-state index contributed by atoms with van der Waals surface area (Å²) in [5, 5.41) is 2.83. The van der Waals surface area contributed by atoms with E-state index in [2.05, 4.69) is 22.4 Å². The second-order valence-corrected chi connectivity index (χ2v) is 5.43. The Bertz CT molecular complexity index is 565. The third kappa shape index (κ3) is 3.33. The summed E-state index contributed by atoms with van der Waals surface area (Å²) in [6.45, 7) is 3.94. The number of carbonyl (C=O) groups excluding carboxylic acids is 1. The highest BCUT2D eigenvalue weighted by atomic mass is 35.5. The molecule has 0 saturated carbocycles. The molecule has 1 N–H and O–H groups in total. The lowest BCUT2D eigenvalue weighted by Crippen LogP contribution is -2.27. The molecule has 0 spiro atoms. The Morgan fingerprint density at radius 3 is 2.63 bits per heavy atom. The minimum atomic E-state index is -0.156. The Kier molecular flexibility index (Phi) is 4.56. The monoisotopic (exact) mass is 294 g/mol. The number of aryl methyl sites for hydroxylation is 1. The maximum atomic E-state index is 11.2. The largest absolute Gasteiger partial charge is 0.349 e. The quantitative estimate of drug-likeness (QED) is 0.877. The van der Waals surface area contributed by atoms with Gasteiger partial charge in [-0.15, -0.1) is 22.9 Å². The first-order valence-electron chi connectivity index (χ1n) is 5.97. The van der Waals surface area contributed by atoms with Crippen molar-refractivity contribution in [3.63, 3.8) is 0 Å². The Balaban J connectivity index is 2.15. The number of nitrogens with one attached hydrogen (secondary N) is 1. The van der Waals surface area contributed by atoms with E-state index in [1.165, 1.54) is 4.88 Å². The normalized spacial score (nSPS) is 12.2. The first kappa shape index (κ1) is 14.0. The third-order valence-corrected chi connectivity index (χ3v) is 4.14. The molecular formula is C14H15ClN2OS. The van der Waals surface area contributed by atoms with Crippen LogP contribution in [-0.4, -0.2) is 16.8 Å². The van der Waals surface area contributed by atoms with Crippen LogP contribution < -0.4 is 5.32 Å². The Hall–Kier alpha value is -1.39. The van der Waals surface area contributed by atoms with Crippen LogP contribution in [0, 0.1) is 6.92 Å². The van der Waals surface area contributed by atoms with Crippen LogP contribution in [0.2, 0.25) is 0 Å². The topological polar surface area (TPSA) is 42.0 Å². The van der Waals surface area contributed by atoms with Crippen molar-refractivity contribution in [3.8, 4) is 10.4 Å². The molecule has 0 radical (unpaired) electrons. The number of carbonyl (C=O) groups is 1. The fraction of sp³-hybridized carbons (Fsp3) is 0.286. The van der Waals surface area contributed by atoms with Crippen molar-refractivity contribution in [2.75, 3.05) is 5.88 Å². The maximum Gasteiger partial charge on any atom is 0.235 e. The standard InChI is InChI=1S/C14H15ClN2OS/c1-9(17-13(18)7-15)11-3-5-12(6-4-11)14-10(2)16-8-19-14/h3-6,8-9H,7H2,1-2H3,(H,17,18)/t9-/m0/s1. The van der Waals surface area contributed by atoms with Crippen molar-refractivity contribution >= 4 is 28.8 Å². The lowest BCUT2D eigenvalue weighted by Gasteiger charge is -2.13. The second kappa shape index (κ2) is 6.17. The van der Waals surface area contributed by atoms with E-state index in [9.17, 15) is 4.79 Å². The lowest BCUT2D eigenvalue weighted by molar-refractivity contribution is -0.119. The van der Waals surface area contributed by atoms with E-state index in [-0.39, 0.29) is 17.8 Å². The molecule has 1 atom stereocenters. The molecule has 1 aromatic heterocycles. The van der Waals surface area contributed by atoms with E-state index >= 15 is 0 Å². The average molecular weight is 295 g/mol. The number of alkyl halides is 1. The first-order chi connectivity index (χ1) is 9.11. The van der Waals surface area contributed by atoms with E-state index in [0.29, 0.717) is 0 Å². The molecule has 19 heavy (non-hydrogen) atoms. The van der Waals surface area contributed by atoms with Crippen LogP contribution in [0.5, 0.6) is 0 Å². The molecule has 3 nitrogen and oxygen atoms in total. The summed E-state index contributed by atoms with van der Waals surface area (Å²) >= 11 is 7.11. The minimum absolute atomic E-state index is 0.0114. The van der Waals surface area contributed by atoms with Gasteiger partial charge in [0.15, 0.2) is 0 Å². The zero-order chi connectivity index (χ0) is 13.8. The summed E-state index contributed by atoms with van der Waals surface area (Å²) in [6, 6.07) is 8.11. The van der Waals surface area contributed by atoms with Crippen LogP contribution in [0.3, 0.4) is 0 Å². The molecule has 1 heterocycles. The summed E-state index contributed by atoms with van der Waals surface area (Å²) < 4.78 is 0. The Morgan fingerprint density at radius 1 is 1.42 bits per heavy atom. The molecule has 0 aliphatic carbocycles. The molecule has 2 aromatic rings. The van der Waals surface area contributed by atoms with Gasteiger partial charge >= 0.3 is 0 Å². The molecule has 2 rings (SSSR count). The van der Waals surface area contributed by atoms with E-state index in [0.717, 1.165) is 16.8 Å². The van der Waals surface area contributed by atoms with Crippen molar-refractivity contribution in [1.29, 1.82) is 0 Å². The van der Waals surface area contributed by atoms with Gasteiger partial charge in [0.05, 0.1) is 22.1 Å². The van der Waals surface area contributed by atoms with Gasteiger partial charge < -0.3 is 5.32 Å². The third-order valence-electron chi connectivity index (χ3n) is 2.92. The summed E-state index contributed by atoms with van der Waals surface area (Å²) in [7, 11) is 0.